The molecule has 3 rings (SSSR count). The zero-order valence-corrected chi connectivity index (χ0v) is 11.5. The molecule has 0 N–H and O–H groups in total. The van der Waals surface area contributed by atoms with Crippen molar-refractivity contribution in [3.63, 3.8) is 0 Å². The number of imide groups is 1. The third-order valence-corrected chi connectivity index (χ3v) is 3.34. The summed E-state index contributed by atoms with van der Waals surface area (Å²) in [5.41, 5.74) is 0.211. The van der Waals surface area contributed by atoms with Crippen molar-refractivity contribution < 1.29 is 23.6 Å². The average Bonchev–Trinajstić information content (AvgIpc) is 2.75. The van der Waals surface area contributed by atoms with Crippen LogP contribution in [-0.4, -0.2) is 22.8 Å². The molecule has 5 nitrogen and oxygen atoms in total. The van der Waals surface area contributed by atoms with Gasteiger partial charge in [0.1, 0.15) is 5.82 Å². The first-order valence-electron chi connectivity index (χ1n) is 6.46. The summed E-state index contributed by atoms with van der Waals surface area (Å²) in [7, 11) is 0. The zero-order valence-electron chi connectivity index (χ0n) is 11.5. The molecular weight excluding hydrogens is 289 g/mol. The number of halogens is 1. The van der Waals surface area contributed by atoms with Gasteiger partial charge in [0.25, 0.3) is 11.8 Å². The maximum Gasteiger partial charge on any atom is 0.366 e. The van der Waals surface area contributed by atoms with Crippen LogP contribution in [0.4, 0.5) is 4.39 Å². The zero-order chi connectivity index (χ0) is 15.9. The van der Waals surface area contributed by atoms with E-state index < -0.39 is 23.6 Å². The molecule has 0 unspecified atom stereocenters. The topological polar surface area (TPSA) is 63.7 Å². The summed E-state index contributed by atoms with van der Waals surface area (Å²) < 4.78 is 13.9. The van der Waals surface area contributed by atoms with E-state index in [1.165, 1.54) is 37.3 Å². The molecule has 0 radical (unpaired) electrons. The second-order valence-electron chi connectivity index (χ2n) is 4.77. The van der Waals surface area contributed by atoms with Crippen LogP contribution in [0, 0.1) is 12.7 Å². The van der Waals surface area contributed by atoms with Gasteiger partial charge < -0.3 is 4.84 Å². The van der Waals surface area contributed by atoms with Crippen LogP contribution in [0.3, 0.4) is 0 Å². The van der Waals surface area contributed by atoms with Gasteiger partial charge in [-0.15, -0.1) is 0 Å². The lowest BCUT2D eigenvalue weighted by Crippen LogP contribution is -2.33. The lowest BCUT2D eigenvalue weighted by Gasteiger charge is -2.13. The number of fused-ring (bicyclic) bond motifs is 1. The third kappa shape index (κ3) is 2.05. The predicted molar refractivity (Wildman–Crippen MR) is 73.5 cm³/mol. The quantitative estimate of drug-likeness (QED) is 0.799. The molecule has 0 fully saturated rings. The Balaban J connectivity index is 1.89. The first-order chi connectivity index (χ1) is 10.5. The van der Waals surface area contributed by atoms with Gasteiger partial charge in [-0.25, -0.2) is 9.18 Å². The van der Waals surface area contributed by atoms with E-state index in [-0.39, 0.29) is 22.3 Å². The van der Waals surface area contributed by atoms with Crippen molar-refractivity contribution in [3.8, 4) is 0 Å². The molecule has 6 heteroatoms. The second kappa shape index (κ2) is 5.07. The Bertz CT molecular complexity index is 781. The summed E-state index contributed by atoms with van der Waals surface area (Å²) in [4.78, 5) is 40.9. The van der Waals surface area contributed by atoms with E-state index in [1.54, 1.807) is 12.1 Å². The minimum absolute atomic E-state index is 0.144. The molecule has 110 valence electrons. The first kappa shape index (κ1) is 13.9. The van der Waals surface area contributed by atoms with Gasteiger partial charge in [0, 0.05) is 0 Å². The maximum atomic E-state index is 13.9. The highest BCUT2D eigenvalue weighted by Crippen LogP contribution is 2.24. The van der Waals surface area contributed by atoms with Gasteiger partial charge in [0.2, 0.25) is 0 Å². The fraction of sp³-hybridized carbons (Fsp3) is 0.0625. The minimum atomic E-state index is -1.10. The van der Waals surface area contributed by atoms with Crippen LogP contribution >= 0.6 is 0 Å². The number of hydrogen-bond donors (Lipinski definition) is 0. The average molecular weight is 299 g/mol. The van der Waals surface area contributed by atoms with Crippen LogP contribution in [0.2, 0.25) is 0 Å². The smallest absolute Gasteiger partial charge is 0.324 e. The Hall–Kier alpha value is -3.02. The van der Waals surface area contributed by atoms with Gasteiger partial charge in [0.15, 0.2) is 0 Å². The molecule has 2 aromatic carbocycles. The molecule has 0 bridgehead atoms. The van der Waals surface area contributed by atoms with E-state index in [4.69, 9.17) is 4.84 Å². The fourth-order valence-electron chi connectivity index (χ4n) is 2.19. The minimum Gasteiger partial charge on any atom is -0.324 e. The van der Waals surface area contributed by atoms with Gasteiger partial charge in [-0.1, -0.05) is 29.3 Å². The monoisotopic (exact) mass is 299 g/mol. The molecule has 0 saturated heterocycles. The maximum absolute atomic E-state index is 13.9. The lowest BCUT2D eigenvalue weighted by molar-refractivity contribution is -0.0587. The molecule has 1 heterocycles. The normalized spacial score (nSPS) is 13.3. The Morgan fingerprint density at radius 1 is 1.00 bits per heavy atom. The fourth-order valence-corrected chi connectivity index (χ4v) is 2.19. The Morgan fingerprint density at radius 3 is 2.18 bits per heavy atom. The molecule has 2 amide bonds. The summed E-state index contributed by atoms with van der Waals surface area (Å²) in [6.07, 6.45) is 0. The number of benzene rings is 2. The van der Waals surface area contributed by atoms with Crippen molar-refractivity contribution in [2.45, 2.75) is 6.92 Å². The highest BCUT2D eigenvalue weighted by Gasteiger charge is 2.39. The molecule has 2 aromatic rings. The summed E-state index contributed by atoms with van der Waals surface area (Å²) in [5.74, 6) is -3.34. The summed E-state index contributed by atoms with van der Waals surface area (Å²) >= 11 is 0. The highest BCUT2D eigenvalue weighted by molar-refractivity contribution is 6.21. The second-order valence-corrected chi connectivity index (χ2v) is 4.77. The number of rotatable bonds is 2. The lowest BCUT2D eigenvalue weighted by atomic mass is 10.1. The van der Waals surface area contributed by atoms with Crippen LogP contribution in [0.25, 0.3) is 0 Å². The molecule has 0 spiro atoms. The Morgan fingerprint density at radius 2 is 1.59 bits per heavy atom. The molecule has 0 aromatic heterocycles. The van der Waals surface area contributed by atoms with Crippen LogP contribution in [0.15, 0.2) is 42.5 Å². The Labute approximate surface area is 124 Å². The Kier molecular flexibility index (Phi) is 3.21. The van der Waals surface area contributed by atoms with Crippen LogP contribution in [0.1, 0.15) is 36.6 Å². The van der Waals surface area contributed by atoms with E-state index >= 15 is 0 Å². The number of hydrogen-bond acceptors (Lipinski definition) is 4. The van der Waals surface area contributed by atoms with Crippen molar-refractivity contribution >= 4 is 17.8 Å². The van der Waals surface area contributed by atoms with Crippen molar-refractivity contribution in [3.05, 3.63) is 70.5 Å². The molecule has 22 heavy (non-hydrogen) atoms. The van der Waals surface area contributed by atoms with E-state index in [2.05, 4.69) is 0 Å². The predicted octanol–water partition coefficient (Wildman–Crippen LogP) is 2.50. The first-order valence-corrected chi connectivity index (χ1v) is 6.46. The third-order valence-electron chi connectivity index (χ3n) is 3.34. The van der Waals surface area contributed by atoms with E-state index in [1.807, 2.05) is 0 Å². The van der Waals surface area contributed by atoms with Crippen LogP contribution < -0.4 is 0 Å². The number of carbonyl (C=O) groups is 3. The molecule has 0 atom stereocenters. The molecule has 0 saturated carbocycles. The molecule has 1 aliphatic rings. The van der Waals surface area contributed by atoms with E-state index in [9.17, 15) is 18.8 Å². The highest BCUT2D eigenvalue weighted by atomic mass is 19.1. The summed E-state index contributed by atoms with van der Waals surface area (Å²) in [6.45, 7) is 1.49. The van der Waals surface area contributed by atoms with Crippen molar-refractivity contribution in [2.75, 3.05) is 0 Å². The van der Waals surface area contributed by atoms with E-state index in [0.717, 1.165) is 0 Å². The molecule has 0 aliphatic carbocycles. The number of carbonyl (C=O) groups excluding carboxylic acids is 3. The summed E-state index contributed by atoms with van der Waals surface area (Å²) in [6, 6.07) is 10.3. The molecule has 1 aliphatic heterocycles. The van der Waals surface area contributed by atoms with Crippen molar-refractivity contribution in [1.82, 2.24) is 5.06 Å². The van der Waals surface area contributed by atoms with Crippen molar-refractivity contribution in [1.29, 1.82) is 0 Å². The SMILES string of the molecule is Cc1cccc(C(=O)ON2C(=O)c3ccccc3C2=O)c1F. The van der Waals surface area contributed by atoms with Gasteiger partial charge in [-0.2, -0.15) is 0 Å². The number of amides is 2. The van der Waals surface area contributed by atoms with Crippen LogP contribution in [-0.2, 0) is 4.84 Å². The largest absolute Gasteiger partial charge is 0.366 e. The molecular formula is C16H10FNO4. The van der Waals surface area contributed by atoms with E-state index in [0.29, 0.717) is 5.06 Å². The number of nitrogens with zero attached hydrogens (tertiary/aromatic N) is 1. The van der Waals surface area contributed by atoms with Gasteiger partial charge >= 0.3 is 5.97 Å². The van der Waals surface area contributed by atoms with Gasteiger partial charge in [0.05, 0.1) is 16.7 Å². The number of hydroxylamine groups is 2. The van der Waals surface area contributed by atoms with Crippen LogP contribution in [0.5, 0.6) is 0 Å². The summed E-state index contributed by atoms with van der Waals surface area (Å²) in [5, 5.41) is 0.356. The van der Waals surface area contributed by atoms with Crippen molar-refractivity contribution in [2.24, 2.45) is 0 Å². The van der Waals surface area contributed by atoms with Gasteiger partial charge in [-0.3, -0.25) is 9.59 Å². The standard InChI is InChI=1S/C16H10FNO4/c1-9-5-4-8-12(13(9)17)16(21)22-18-14(19)10-6-2-3-7-11(10)15(18)20/h2-8H,1H3. The van der Waals surface area contributed by atoms with Gasteiger partial charge in [-0.05, 0) is 30.7 Å². The number of aryl methyl sites for hydroxylation is 1.